The summed E-state index contributed by atoms with van der Waals surface area (Å²) in [4.78, 5) is 6.66. The minimum Gasteiger partial charge on any atom is -0.487 e. The fourth-order valence-electron chi connectivity index (χ4n) is 2.37. The molecule has 2 heterocycles. The van der Waals surface area contributed by atoms with Gasteiger partial charge in [-0.3, -0.25) is 4.98 Å². The molecule has 1 aliphatic heterocycles. The first-order valence-corrected chi connectivity index (χ1v) is 6.79. The molecule has 3 heteroatoms. The quantitative estimate of drug-likeness (QED) is 0.837. The van der Waals surface area contributed by atoms with Gasteiger partial charge in [-0.05, 0) is 49.2 Å². The molecule has 0 bridgehead atoms. The van der Waals surface area contributed by atoms with Crippen LogP contribution in [-0.4, -0.2) is 18.1 Å². The third kappa shape index (κ3) is 3.05. The Hall–Kier alpha value is -2.03. The van der Waals surface area contributed by atoms with Crippen molar-refractivity contribution in [2.45, 2.75) is 19.4 Å². The summed E-state index contributed by atoms with van der Waals surface area (Å²) >= 11 is 0. The van der Waals surface area contributed by atoms with Gasteiger partial charge in [-0.2, -0.15) is 0 Å². The molecule has 3 nitrogen and oxygen atoms in total. The van der Waals surface area contributed by atoms with Gasteiger partial charge in [-0.1, -0.05) is 6.07 Å². The minimum atomic E-state index is 0.518. The van der Waals surface area contributed by atoms with Crippen molar-refractivity contribution in [3.05, 3.63) is 54.4 Å². The molecule has 1 fully saturated rings. The molecular formula is C16H18N2O. The lowest BCUT2D eigenvalue weighted by atomic mass is 10.3. The lowest BCUT2D eigenvalue weighted by Gasteiger charge is -2.17. The van der Waals surface area contributed by atoms with Crippen LogP contribution in [-0.2, 0) is 6.61 Å². The maximum absolute atomic E-state index is 5.73. The van der Waals surface area contributed by atoms with Crippen LogP contribution in [0.25, 0.3) is 0 Å². The van der Waals surface area contributed by atoms with Gasteiger partial charge in [0.25, 0.3) is 0 Å². The standard InChI is InChI=1S/C16H18N2O/c1-2-10-17-14(5-1)13-19-16-8-6-15(7-9-16)18-11-3-4-12-18/h1-2,5-10H,3-4,11-13H2. The Balaban J connectivity index is 1.60. The average Bonchev–Trinajstić information content (AvgIpc) is 3.01. The van der Waals surface area contributed by atoms with E-state index in [1.54, 1.807) is 6.20 Å². The SMILES string of the molecule is c1ccc(COc2ccc(N3CCCC3)cc2)nc1. The number of hydrogen-bond donors (Lipinski definition) is 0. The highest BCUT2D eigenvalue weighted by atomic mass is 16.5. The fourth-order valence-corrected chi connectivity index (χ4v) is 2.37. The van der Waals surface area contributed by atoms with Crippen LogP contribution in [0.4, 0.5) is 5.69 Å². The number of rotatable bonds is 4. The van der Waals surface area contributed by atoms with Gasteiger partial charge >= 0.3 is 0 Å². The molecule has 0 amide bonds. The second kappa shape index (κ2) is 5.74. The van der Waals surface area contributed by atoms with Gasteiger partial charge in [0.2, 0.25) is 0 Å². The normalized spacial score (nSPS) is 14.6. The van der Waals surface area contributed by atoms with Gasteiger partial charge in [0, 0.05) is 25.0 Å². The summed E-state index contributed by atoms with van der Waals surface area (Å²) in [5.74, 6) is 0.897. The molecule has 0 aliphatic carbocycles. The number of benzene rings is 1. The Morgan fingerprint density at radius 1 is 1.00 bits per heavy atom. The van der Waals surface area contributed by atoms with Crippen LogP contribution >= 0.6 is 0 Å². The van der Waals surface area contributed by atoms with Crippen LogP contribution in [0.15, 0.2) is 48.7 Å². The zero-order valence-corrected chi connectivity index (χ0v) is 11.0. The highest BCUT2D eigenvalue weighted by Crippen LogP contribution is 2.23. The number of aromatic nitrogens is 1. The molecule has 0 unspecified atom stereocenters. The predicted octanol–water partition coefficient (Wildman–Crippen LogP) is 3.26. The lowest BCUT2D eigenvalue weighted by molar-refractivity contribution is 0.301. The van der Waals surface area contributed by atoms with Crippen molar-refractivity contribution in [2.75, 3.05) is 18.0 Å². The fraction of sp³-hybridized carbons (Fsp3) is 0.312. The maximum atomic E-state index is 5.73. The number of ether oxygens (including phenoxy) is 1. The first-order valence-electron chi connectivity index (χ1n) is 6.79. The average molecular weight is 254 g/mol. The van der Waals surface area contributed by atoms with Gasteiger partial charge in [-0.25, -0.2) is 0 Å². The summed E-state index contributed by atoms with van der Waals surface area (Å²) in [5.41, 5.74) is 2.24. The van der Waals surface area contributed by atoms with E-state index in [9.17, 15) is 0 Å². The van der Waals surface area contributed by atoms with E-state index in [2.05, 4.69) is 22.0 Å². The lowest BCUT2D eigenvalue weighted by Crippen LogP contribution is -2.17. The van der Waals surface area contributed by atoms with E-state index in [1.165, 1.54) is 31.6 Å². The smallest absolute Gasteiger partial charge is 0.130 e. The van der Waals surface area contributed by atoms with E-state index in [0.717, 1.165) is 11.4 Å². The van der Waals surface area contributed by atoms with Crippen LogP contribution in [0.5, 0.6) is 5.75 Å². The van der Waals surface area contributed by atoms with E-state index in [-0.39, 0.29) is 0 Å². The summed E-state index contributed by atoms with van der Waals surface area (Å²) in [5, 5.41) is 0. The summed E-state index contributed by atoms with van der Waals surface area (Å²) in [6.45, 7) is 2.87. The van der Waals surface area contributed by atoms with Crippen molar-refractivity contribution in [2.24, 2.45) is 0 Å². The maximum Gasteiger partial charge on any atom is 0.130 e. The zero-order valence-electron chi connectivity index (χ0n) is 11.0. The van der Waals surface area contributed by atoms with Crippen molar-refractivity contribution < 1.29 is 4.74 Å². The topological polar surface area (TPSA) is 25.4 Å². The molecule has 0 spiro atoms. The molecule has 1 aliphatic rings. The zero-order chi connectivity index (χ0) is 12.9. The number of anilines is 1. The molecule has 0 atom stereocenters. The number of pyridine rings is 1. The third-order valence-electron chi connectivity index (χ3n) is 3.42. The summed E-state index contributed by atoms with van der Waals surface area (Å²) < 4.78 is 5.73. The Bertz CT molecular complexity index is 504. The molecule has 3 rings (SSSR count). The predicted molar refractivity (Wildman–Crippen MR) is 76.5 cm³/mol. The monoisotopic (exact) mass is 254 g/mol. The van der Waals surface area contributed by atoms with Crippen molar-refractivity contribution >= 4 is 5.69 Å². The van der Waals surface area contributed by atoms with Gasteiger partial charge in [0.05, 0.1) is 5.69 Å². The van der Waals surface area contributed by atoms with Crippen LogP contribution in [0, 0.1) is 0 Å². The molecule has 2 aromatic rings. The molecule has 1 aromatic heterocycles. The first-order chi connectivity index (χ1) is 9.42. The second-order valence-corrected chi connectivity index (χ2v) is 4.80. The van der Waals surface area contributed by atoms with Crippen LogP contribution < -0.4 is 9.64 Å². The van der Waals surface area contributed by atoms with Gasteiger partial charge in [0.1, 0.15) is 12.4 Å². The van der Waals surface area contributed by atoms with Gasteiger partial charge in [0.15, 0.2) is 0 Å². The number of nitrogens with zero attached hydrogens (tertiary/aromatic N) is 2. The van der Waals surface area contributed by atoms with Crippen molar-refractivity contribution in [3.8, 4) is 5.75 Å². The van der Waals surface area contributed by atoms with Crippen molar-refractivity contribution in [3.63, 3.8) is 0 Å². The molecule has 98 valence electrons. The summed E-state index contributed by atoms with van der Waals surface area (Å²) in [6.07, 6.45) is 4.39. The summed E-state index contributed by atoms with van der Waals surface area (Å²) in [7, 11) is 0. The van der Waals surface area contributed by atoms with E-state index < -0.39 is 0 Å². The Morgan fingerprint density at radius 2 is 1.79 bits per heavy atom. The van der Waals surface area contributed by atoms with Crippen LogP contribution in [0.1, 0.15) is 18.5 Å². The molecule has 0 saturated carbocycles. The molecule has 0 N–H and O–H groups in total. The van der Waals surface area contributed by atoms with E-state index in [0.29, 0.717) is 6.61 Å². The highest BCUT2D eigenvalue weighted by Gasteiger charge is 2.11. The second-order valence-electron chi connectivity index (χ2n) is 4.80. The minimum absolute atomic E-state index is 0.518. The van der Waals surface area contributed by atoms with Crippen molar-refractivity contribution in [1.29, 1.82) is 0 Å². The van der Waals surface area contributed by atoms with E-state index in [1.807, 2.05) is 30.3 Å². The molecular weight excluding hydrogens is 236 g/mol. The third-order valence-corrected chi connectivity index (χ3v) is 3.42. The van der Waals surface area contributed by atoms with Gasteiger partial charge < -0.3 is 9.64 Å². The Labute approximate surface area is 113 Å². The van der Waals surface area contributed by atoms with Crippen LogP contribution in [0.2, 0.25) is 0 Å². The first kappa shape index (κ1) is 12.0. The molecule has 1 aromatic carbocycles. The number of hydrogen-bond acceptors (Lipinski definition) is 3. The Kier molecular flexibility index (Phi) is 3.63. The van der Waals surface area contributed by atoms with Crippen LogP contribution in [0.3, 0.4) is 0 Å². The Morgan fingerprint density at radius 3 is 2.47 bits per heavy atom. The molecule has 19 heavy (non-hydrogen) atoms. The highest BCUT2D eigenvalue weighted by molar-refractivity contribution is 5.49. The molecule has 0 radical (unpaired) electrons. The van der Waals surface area contributed by atoms with Crippen molar-refractivity contribution in [1.82, 2.24) is 4.98 Å². The van der Waals surface area contributed by atoms with E-state index >= 15 is 0 Å². The molecule has 1 saturated heterocycles. The largest absolute Gasteiger partial charge is 0.487 e. The summed E-state index contributed by atoms with van der Waals surface area (Å²) in [6, 6.07) is 14.2. The van der Waals surface area contributed by atoms with Gasteiger partial charge in [-0.15, -0.1) is 0 Å². The van der Waals surface area contributed by atoms with E-state index in [4.69, 9.17) is 4.74 Å².